The molecule has 16 heavy (non-hydrogen) atoms. The average Bonchev–Trinajstić information content (AvgIpc) is 2.76. The van der Waals surface area contributed by atoms with Crippen LogP contribution >= 0.6 is 0 Å². The van der Waals surface area contributed by atoms with Crippen molar-refractivity contribution >= 4 is 11.3 Å². The van der Waals surface area contributed by atoms with Crippen molar-refractivity contribution in [3.05, 3.63) is 42.9 Å². The van der Waals surface area contributed by atoms with Crippen LogP contribution in [0.3, 0.4) is 0 Å². The van der Waals surface area contributed by atoms with Crippen LogP contribution in [0.5, 0.6) is 0 Å². The molecule has 0 saturated carbocycles. The predicted molar refractivity (Wildman–Crippen MR) is 60.6 cm³/mol. The molecular formula is C11H9N5. The number of hydrogen-bond donors (Lipinski definition) is 1. The Morgan fingerprint density at radius 2 is 2.06 bits per heavy atom. The number of nitrogen functional groups attached to an aromatic ring is 1. The van der Waals surface area contributed by atoms with Gasteiger partial charge >= 0.3 is 0 Å². The lowest BCUT2D eigenvalue weighted by molar-refractivity contribution is 0.960. The Morgan fingerprint density at radius 1 is 1.12 bits per heavy atom. The molecule has 0 atom stereocenters. The molecule has 0 aliphatic rings. The van der Waals surface area contributed by atoms with Gasteiger partial charge in [-0.25, -0.2) is 9.50 Å². The van der Waals surface area contributed by atoms with E-state index in [-0.39, 0.29) is 0 Å². The summed E-state index contributed by atoms with van der Waals surface area (Å²) in [5.74, 6) is 0.404. The van der Waals surface area contributed by atoms with Crippen molar-refractivity contribution in [2.24, 2.45) is 0 Å². The van der Waals surface area contributed by atoms with Crippen molar-refractivity contribution in [2.75, 3.05) is 5.73 Å². The summed E-state index contributed by atoms with van der Waals surface area (Å²) in [7, 11) is 0. The van der Waals surface area contributed by atoms with Crippen LogP contribution in [-0.2, 0) is 0 Å². The van der Waals surface area contributed by atoms with Crippen LogP contribution < -0.4 is 5.73 Å². The maximum absolute atomic E-state index is 5.61. The quantitative estimate of drug-likeness (QED) is 0.660. The van der Waals surface area contributed by atoms with Crippen molar-refractivity contribution < 1.29 is 0 Å². The molecule has 3 aromatic rings. The van der Waals surface area contributed by atoms with Gasteiger partial charge in [-0.05, 0) is 18.2 Å². The van der Waals surface area contributed by atoms with Gasteiger partial charge in [0.2, 0.25) is 0 Å². The summed E-state index contributed by atoms with van der Waals surface area (Å²) < 4.78 is 1.81. The van der Waals surface area contributed by atoms with Gasteiger partial charge < -0.3 is 5.73 Å². The second kappa shape index (κ2) is 3.30. The fraction of sp³-hybridized carbons (Fsp3) is 0. The van der Waals surface area contributed by atoms with Gasteiger partial charge in [0.25, 0.3) is 0 Å². The molecule has 0 unspecified atom stereocenters. The van der Waals surface area contributed by atoms with Crippen LogP contribution in [0.25, 0.3) is 16.9 Å². The highest BCUT2D eigenvalue weighted by atomic mass is 15.2. The van der Waals surface area contributed by atoms with Gasteiger partial charge in [0.05, 0.1) is 29.8 Å². The minimum absolute atomic E-state index is 0.404. The Bertz CT molecular complexity index is 643. The second-order valence-corrected chi connectivity index (χ2v) is 3.41. The van der Waals surface area contributed by atoms with E-state index in [2.05, 4.69) is 15.1 Å². The van der Waals surface area contributed by atoms with E-state index in [1.54, 1.807) is 12.4 Å². The minimum Gasteiger partial charge on any atom is -0.382 e. The molecule has 0 aliphatic carbocycles. The first kappa shape index (κ1) is 8.84. The Morgan fingerprint density at radius 3 is 2.94 bits per heavy atom. The molecule has 3 aromatic heterocycles. The second-order valence-electron chi connectivity index (χ2n) is 3.41. The van der Waals surface area contributed by atoms with E-state index >= 15 is 0 Å². The lowest BCUT2D eigenvalue weighted by atomic mass is 10.2. The molecule has 0 bridgehead atoms. The highest BCUT2D eigenvalue weighted by Crippen LogP contribution is 2.17. The minimum atomic E-state index is 0.404. The smallest absolute Gasteiger partial charge is 0.142 e. The predicted octanol–water partition coefficient (Wildman–Crippen LogP) is 1.37. The van der Waals surface area contributed by atoms with E-state index in [1.165, 1.54) is 6.20 Å². The van der Waals surface area contributed by atoms with Crippen molar-refractivity contribution in [3.63, 3.8) is 0 Å². The fourth-order valence-corrected chi connectivity index (χ4v) is 1.65. The zero-order chi connectivity index (χ0) is 11.0. The van der Waals surface area contributed by atoms with Gasteiger partial charge in [0.1, 0.15) is 11.5 Å². The molecule has 0 amide bonds. The Balaban J connectivity index is 2.29. The third-order valence-electron chi connectivity index (χ3n) is 2.34. The molecule has 3 heterocycles. The normalized spacial score (nSPS) is 10.8. The average molecular weight is 211 g/mol. The van der Waals surface area contributed by atoms with Crippen LogP contribution in [0.2, 0.25) is 0 Å². The van der Waals surface area contributed by atoms with Crippen molar-refractivity contribution in [1.29, 1.82) is 0 Å². The lowest BCUT2D eigenvalue weighted by Crippen LogP contribution is -1.98. The molecule has 3 rings (SSSR count). The Labute approximate surface area is 91.6 Å². The summed E-state index contributed by atoms with van der Waals surface area (Å²) in [5, 5.41) is 4.23. The molecule has 0 saturated heterocycles. The zero-order valence-electron chi connectivity index (χ0n) is 8.41. The van der Waals surface area contributed by atoms with Crippen LogP contribution in [0.1, 0.15) is 0 Å². The van der Waals surface area contributed by atoms with E-state index in [0.29, 0.717) is 11.5 Å². The Kier molecular flexibility index (Phi) is 1.83. The number of pyridine rings is 1. The molecule has 0 aliphatic heterocycles. The number of hydrogen-bond acceptors (Lipinski definition) is 4. The fourth-order valence-electron chi connectivity index (χ4n) is 1.65. The maximum Gasteiger partial charge on any atom is 0.142 e. The van der Waals surface area contributed by atoms with Crippen LogP contribution in [-0.4, -0.2) is 19.6 Å². The van der Waals surface area contributed by atoms with E-state index in [4.69, 9.17) is 5.73 Å². The molecule has 0 radical (unpaired) electrons. The van der Waals surface area contributed by atoms with Crippen LogP contribution in [0, 0.1) is 0 Å². The lowest BCUT2D eigenvalue weighted by Gasteiger charge is -2.03. The maximum atomic E-state index is 5.61. The standard InChI is InChI=1S/C11H9N5/c12-11-7-13-6-9(15-11)10-3-1-2-8-4-5-14-16(8)10/h1-7H,(H2,12,15). The molecular weight excluding hydrogens is 202 g/mol. The van der Waals surface area contributed by atoms with Crippen LogP contribution in [0.15, 0.2) is 42.9 Å². The SMILES string of the molecule is Nc1cncc(-c2cccc3ccnn23)n1. The molecule has 0 fully saturated rings. The number of nitrogens with two attached hydrogens (primary N) is 1. The van der Waals surface area contributed by atoms with Crippen molar-refractivity contribution in [2.45, 2.75) is 0 Å². The van der Waals surface area contributed by atoms with E-state index < -0.39 is 0 Å². The first-order valence-electron chi connectivity index (χ1n) is 4.85. The third kappa shape index (κ3) is 1.30. The number of anilines is 1. The van der Waals surface area contributed by atoms with Gasteiger partial charge in [-0.2, -0.15) is 5.10 Å². The van der Waals surface area contributed by atoms with Gasteiger partial charge in [-0.3, -0.25) is 4.98 Å². The van der Waals surface area contributed by atoms with Gasteiger partial charge in [0, 0.05) is 0 Å². The molecule has 5 nitrogen and oxygen atoms in total. The molecule has 0 spiro atoms. The summed E-state index contributed by atoms with van der Waals surface area (Å²) in [6.45, 7) is 0. The summed E-state index contributed by atoms with van der Waals surface area (Å²) in [5.41, 5.74) is 8.22. The van der Waals surface area contributed by atoms with Gasteiger partial charge in [-0.1, -0.05) is 6.07 Å². The summed E-state index contributed by atoms with van der Waals surface area (Å²) in [6.07, 6.45) is 4.94. The van der Waals surface area contributed by atoms with Gasteiger partial charge in [0.15, 0.2) is 0 Å². The van der Waals surface area contributed by atoms with Gasteiger partial charge in [-0.15, -0.1) is 0 Å². The molecule has 78 valence electrons. The highest BCUT2D eigenvalue weighted by Gasteiger charge is 2.05. The summed E-state index contributed by atoms with van der Waals surface area (Å²) >= 11 is 0. The highest BCUT2D eigenvalue weighted by molar-refractivity contribution is 5.61. The monoisotopic (exact) mass is 211 g/mol. The van der Waals surface area contributed by atoms with Crippen LogP contribution in [0.4, 0.5) is 5.82 Å². The van der Waals surface area contributed by atoms with Crippen molar-refractivity contribution in [3.8, 4) is 11.4 Å². The first-order chi connectivity index (χ1) is 7.84. The Hall–Kier alpha value is -2.43. The topological polar surface area (TPSA) is 69.1 Å². The number of nitrogens with zero attached hydrogens (tertiary/aromatic N) is 4. The molecule has 2 N–H and O–H groups in total. The third-order valence-corrected chi connectivity index (χ3v) is 2.34. The number of aromatic nitrogens is 4. The van der Waals surface area contributed by atoms with E-state index in [0.717, 1.165) is 11.2 Å². The molecule has 0 aromatic carbocycles. The first-order valence-corrected chi connectivity index (χ1v) is 4.85. The largest absolute Gasteiger partial charge is 0.382 e. The zero-order valence-corrected chi connectivity index (χ0v) is 8.41. The molecule has 5 heteroatoms. The van der Waals surface area contributed by atoms with E-state index in [1.807, 2.05) is 28.8 Å². The van der Waals surface area contributed by atoms with Crippen molar-refractivity contribution in [1.82, 2.24) is 19.6 Å². The number of rotatable bonds is 1. The summed E-state index contributed by atoms with van der Waals surface area (Å²) in [4.78, 5) is 8.25. The summed E-state index contributed by atoms with van der Waals surface area (Å²) in [6, 6.07) is 7.81. The number of fused-ring (bicyclic) bond motifs is 1. The van der Waals surface area contributed by atoms with E-state index in [9.17, 15) is 0 Å².